The predicted molar refractivity (Wildman–Crippen MR) is 112 cm³/mol. The largest absolute Gasteiger partial charge is 0.343 e. The van der Waals surface area contributed by atoms with Crippen LogP contribution >= 0.6 is 23.8 Å². The molecule has 2 amide bonds. The minimum atomic E-state index is -0.449. The smallest absolute Gasteiger partial charge is 0.257 e. The van der Waals surface area contributed by atoms with Gasteiger partial charge in [-0.3, -0.25) is 20.4 Å². The fourth-order valence-corrected chi connectivity index (χ4v) is 2.58. The second kappa shape index (κ2) is 9.89. The van der Waals surface area contributed by atoms with Crippen LogP contribution in [0.5, 0.6) is 0 Å². The molecule has 0 aliphatic heterocycles. The van der Waals surface area contributed by atoms with Crippen LogP contribution in [0.15, 0.2) is 48.5 Å². The second-order valence-electron chi connectivity index (χ2n) is 6.07. The van der Waals surface area contributed by atoms with Gasteiger partial charge in [0.25, 0.3) is 11.8 Å². The lowest BCUT2D eigenvalue weighted by Gasteiger charge is -2.13. The van der Waals surface area contributed by atoms with E-state index in [1.165, 1.54) is 5.56 Å². The number of anilines is 1. The first-order valence-electron chi connectivity index (χ1n) is 8.35. The molecule has 0 unspecified atom stereocenters. The molecule has 0 aliphatic rings. The molecular formula is C19H21ClN4O2S. The molecule has 142 valence electrons. The van der Waals surface area contributed by atoms with Gasteiger partial charge in [-0.05, 0) is 48.0 Å². The molecule has 2 aromatic carbocycles. The number of rotatable bonds is 5. The molecule has 6 nitrogen and oxygen atoms in total. The topological polar surface area (TPSA) is 82.3 Å². The van der Waals surface area contributed by atoms with Crippen molar-refractivity contribution in [1.82, 2.24) is 16.2 Å². The van der Waals surface area contributed by atoms with E-state index in [2.05, 4.69) is 35.3 Å². The number of carbonyl (C=O) groups is 2. The van der Waals surface area contributed by atoms with Crippen LogP contribution in [0.25, 0.3) is 0 Å². The molecule has 0 saturated heterocycles. The van der Waals surface area contributed by atoms with Crippen LogP contribution in [0, 0.1) is 0 Å². The van der Waals surface area contributed by atoms with Crippen molar-refractivity contribution in [3.05, 3.63) is 64.7 Å². The third-order valence-corrected chi connectivity index (χ3v) is 4.21. The number of hydrogen-bond acceptors (Lipinski definition) is 3. The monoisotopic (exact) mass is 404 g/mol. The summed E-state index contributed by atoms with van der Waals surface area (Å²) in [6, 6.07) is 14.5. The van der Waals surface area contributed by atoms with Gasteiger partial charge in [-0.25, -0.2) is 0 Å². The molecule has 0 saturated carbocycles. The third-order valence-electron chi connectivity index (χ3n) is 3.68. The molecule has 0 heterocycles. The fourth-order valence-electron chi connectivity index (χ4n) is 2.19. The van der Waals surface area contributed by atoms with Crippen LogP contribution in [0.2, 0.25) is 5.02 Å². The standard InChI is InChI=1S/C19H21ClN4O2S/c1-12(2)13-7-9-14(10-8-13)22-19(27)24-23-17(25)11-21-18(26)15-5-3-4-6-16(15)20/h3-10,12H,11H2,1-2H3,(H,21,26)(H,23,25)(H2,22,24,27). The minimum Gasteiger partial charge on any atom is -0.343 e. The summed E-state index contributed by atoms with van der Waals surface area (Å²) in [5.74, 6) is -0.430. The van der Waals surface area contributed by atoms with Gasteiger partial charge in [0.15, 0.2) is 5.11 Å². The minimum absolute atomic E-state index is 0.219. The van der Waals surface area contributed by atoms with E-state index in [-0.39, 0.29) is 11.7 Å². The number of nitrogens with one attached hydrogen (secondary N) is 4. The predicted octanol–water partition coefficient (Wildman–Crippen LogP) is 3.21. The molecule has 0 aromatic heterocycles. The number of hydrogen-bond donors (Lipinski definition) is 4. The highest BCUT2D eigenvalue weighted by atomic mass is 35.5. The Morgan fingerprint density at radius 3 is 2.33 bits per heavy atom. The van der Waals surface area contributed by atoms with Gasteiger partial charge in [0, 0.05) is 5.69 Å². The van der Waals surface area contributed by atoms with E-state index in [4.69, 9.17) is 23.8 Å². The Morgan fingerprint density at radius 2 is 1.70 bits per heavy atom. The van der Waals surface area contributed by atoms with Gasteiger partial charge in [0.05, 0.1) is 17.1 Å². The van der Waals surface area contributed by atoms with E-state index in [1.807, 2.05) is 24.3 Å². The highest BCUT2D eigenvalue weighted by molar-refractivity contribution is 7.80. The Kier molecular flexibility index (Phi) is 7.57. The summed E-state index contributed by atoms with van der Waals surface area (Å²) in [5.41, 5.74) is 7.34. The molecular weight excluding hydrogens is 384 g/mol. The van der Waals surface area contributed by atoms with Gasteiger partial charge in [-0.2, -0.15) is 0 Å². The van der Waals surface area contributed by atoms with E-state index < -0.39 is 11.8 Å². The number of thiocarbonyl (C=S) groups is 1. The molecule has 0 spiro atoms. The lowest BCUT2D eigenvalue weighted by atomic mass is 10.0. The highest BCUT2D eigenvalue weighted by Gasteiger charge is 2.11. The van der Waals surface area contributed by atoms with Crippen molar-refractivity contribution >= 4 is 46.4 Å². The van der Waals surface area contributed by atoms with Crippen LogP contribution in [0.4, 0.5) is 5.69 Å². The summed E-state index contributed by atoms with van der Waals surface area (Å²) >= 11 is 11.1. The van der Waals surface area contributed by atoms with Gasteiger partial charge >= 0.3 is 0 Å². The molecule has 8 heteroatoms. The maximum absolute atomic E-state index is 12.0. The van der Waals surface area contributed by atoms with Crippen molar-refractivity contribution in [2.24, 2.45) is 0 Å². The fraction of sp³-hybridized carbons (Fsp3) is 0.211. The maximum atomic E-state index is 12.0. The van der Waals surface area contributed by atoms with Gasteiger partial charge in [0.2, 0.25) is 0 Å². The van der Waals surface area contributed by atoms with Gasteiger partial charge in [0.1, 0.15) is 0 Å². The lowest BCUT2D eigenvalue weighted by molar-refractivity contribution is -0.120. The quantitative estimate of drug-likeness (QED) is 0.454. The van der Waals surface area contributed by atoms with Crippen molar-refractivity contribution in [3.63, 3.8) is 0 Å². The number of carbonyl (C=O) groups excluding carboxylic acids is 2. The van der Waals surface area contributed by atoms with E-state index in [0.29, 0.717) is 16.5 Å². The van der Waals surface area contributed by atoms with Crippen LogP contribution in [-0.2, 0) is 4.79 Å². The Hall–Kier alpha value is -2.64. The average molecular weight is 405 g/mol. The highest BCUT2D eigenvalue weighted by Crippen LogP contribution is 2.17. The van der Waals surface area contributed by atoms with Crippen LogP contribution < -0.4 is 21.5 Å². The van der Waals surface area contributed by atoms with E-state index in [1.54, 1.807) is 24.3 Å². The molecule has 0 atom stereocenters. The summed E-state index contributed by atoms with van der Waals surface area (Å²) in [5, 5.41) is 6.01. The number of amides is 2. The van der Waals surface area contributed by atoms with Crippen molar-refractivity contribution in [1.29, 1.82) is 0 Å². The first kappa shape index (κ1) is 20.7. The molecule has 0 fully saturated rings. The van der Waals surface area contributed by atoms with Crippen molar-refractivity contribution < 1.29 is 9.59 Å². The molecule has 2 rings (SSSR count). The van der Waals surface area contributed by atoms with Crippen molar-refractivity contribution in [3.8, 4) is 0 Å². The first-order valence-corrected chi connectivity index (χ1v) is 9.14. The SMILES string of the molecule is CC(C)c1ccc(NC(=S)NNC(=O)CNC(=O)c2ccccc2Cl)cc1. The van der Waals surface area contributed by atoms with Crippen molar-refractivity contribution in [2.75, 3.05) is 11.9 Å². The Morgan fingerprint density at radius 1 is 1.04 bits per heavy atom. The Balaban J connectivity index is 1.74. The lowest BCUT2D eigenvalue weighted by Crippen LogP contribution is -2.47. The summed E-state index contributed by atoms with van der Waals surface area (Å²) in [4.78, 5) is 23.8. The maximum Gasteiger partial charge on any atom is 0.257 e. The molecule has 2 aromatic rings. The number of hydrazine groups is 1. The average Bonchev–Trinajstić information content (AvgIpc) is 2.65. The number of benzene rings is 2. The molecule has 27 heavy (non-hydrogen) atoms. The summed E-state index contributed by atoms with van der Waals surface area (Å²) in [6.07, 6.45) is 0. The second-order valence-corrected chi connectivity index (χ2v) is 6.88. The summed E-state index contributed by atoms with van der Waals surface area (Å²) in [6.45, 7) is 4.02. The summed E-state index contributed by atoms with van der Waals surface area (Å²) < 4.78 is 0. The van der Waals surface area contributed by atoms with Gasteiger partial charge in [-0.1, -0.05) is 49.7 Å². The molecule has 4 N–H and O–H groups in total. The van der Waals surface area contributed by atoms with Crippen LogP contribution in [-0.4, -0.2) is 23.5 Å². The summed E-state index contributed by atoms with van der Waals surface area (Å²) in [7, 11) is 0. The van der Waals surface area contributed by atoms with Gasteiger partial charge in [-0.15, -0.1) is 0 Å². The van der Waals surface area contributed by atoms with Crippen molar-refractivity contribution in [2.45, 2.75) is 19.8 Å². The zero-order valence-corrected chi connectivity index (χ0v) is 16.6. The molecule has 0 bridgehead atoms. The number of halogens is 1. The van der Waals surface area contributed by atoms with Crippen LogP contribution in [0.1, 0.15) is 35.7 Å². The van der Waals surface area contributed by atoms with Gasteiger partial charge < -0.3 is 10.6 Å². The Bertz CT molecular complexity index is 825. The normalized spacial score (nSPS) is 10.2. The molecule has 0 aliphatic carbocycles. The van der Waals surface area contributed by atoms with E-state index in [0.717, 1.165) is 5.69 Å². The third kappa shape index (κ3) is 6.54. The zero-order valence-electron chi connectivity index (χ0n) is 15.0. The van der Waals surface area contributed by atoms with Crippen LogP contribution in [0.3, 0.4) is 0 Å². The first-order chi connectivity index (χ1) is 12.9. The Labute approximate surface area is 168 Å². The van der Waals surface area contributed by atoms with E-state index in [9.17, 15) is 9.59 Å². The zero-order chi connectivity index (χ0) is 19.8. The van der Waals surface area contributed by atoms with E-state index >= 15 is 0 Å². The molecule has 0 radical (unpaired) electrons.